The minimum absolute atomic E-state index is 0.192. The number of halogens is 1. The molecular formula is C23H28ClN5O5. The Hall–Kier alpha value is -3.53. The van der Waals surface area contributed by atoms with Gasteiger partial charge in [0.1, 0.15) is 22.7 Å². The molecule has 10 nitrogen and oxygen atoms in total. The molecule has 0 saturated carbocycles. The van der Waals surface area contributed by atoms with Gasteiger partial charge in [0, 0.05) is 31.5 Å². The van der Waals surface area contributed by atoms with E-state index in [9.17, 15) is 14.4 Å². The molecule has 3 aromatic rings. The zero-order chi connectivity index (χ0) is 25.2. The molecule has 0 unspecified atom stereocenters. The van der Waals surface area contributed by atoms with Crippen LogP contribution in [0.1, 0.15) is 45.0 Å². The number of hydrogen-bond acceptors (Lipinski definition) is 7. The third kappa shape index (κ3) is 5.33. The van der Waals surface area contributed by atoms with Crippen molar-refractivity contribution in [3.05, 3.63) is 51.5 Å². The van der Waals surface area contributed by atoms with Gasteiger partial charge in [-0.2, -0.15) is 5.10 Å². The van der Waals surface area contributed by atoms with Gasteiger partial charge in [0.25, 0.3) is 5.56 Å². The first-order chi connectivity index (χ1) is 15.9. The molecule has 1 amide bonds. The van der Waals surface area contributed by atoms with Gasteiger partial charge in [0.05, 0.1) is 23.3 Å². The molecule has 0 bridgehead atoms. The van der Waals surface area contributed by atoms with Crippen LogP contribution in [0.5, 0.6) is 0 Å². The van der Waals surface area contributed by atoms with Crippen molar-refractivity contribution in [3.63, 3.8) is 0 Å². The highest BCUT2D eigenvalue weighted by molar-refractivity contribution is 6.30. The maximum atomic E-state index is 12.8. The highest BCUT2D eigenvalue weighted by Gasteiger charge is 2.25. The van der Waals surface area contributed by atoms with Crippen molar-refractivity contribution in [1.82, 2.24) is 14.2 Å². The molecule has 34 heavy (non-hydrogen) atoms. The average molecular weight is 490 g/mol. The number of amides is 1. The molecular weight excluding hydrogens is 462 g/mol. The standard InChI is InChI=1S/C23H28ClN5O5/c1-7-28-13-14(24)9-17(20(28)30)26-15-10-18-16(21(31)33-8-2)12-25-29(18)19(11-15)27(6)22(32)34-23(3,4)5/h9-13,26H,7-8H2,1-6H3. The number of carbonyl (C=O) groups is 2. The summed E-state index contributed by atoms with van der Waals surface area (Å²) in [4.78, 5) is 39.3. The Labute approximate surface area is 202 Å². The van der Waals surface area contributed by atoms with E-state index in [1.165, 1.54) is 33.3 Å². The van der Waals surface area contributed by atoms with Crippen LogP contribution in [0.3, 0.4) is 0 Å². The van der Waals surface area contributed by atoms with Crippen molar-refractivity contribution in [2.45, 2.75) is 46.8 Å². The number of rotatable bonds is 6. The molecule has 3 heterocycles. The molecule has 182 valence electrons. The predicted octanol–water partition coefficient (Wildman–Crippen LogP) is 4.46. The van der Waals surface area contributed by atoms with Gasteiger partial charge >= 0.3 is 12.1 Å². The van der Waals surface area contributed by atoms with Crippen molar-refractivity contribution < 1.29 is 19.1 Å². The normalized spacial score (nSPS) is 11.4. The monoisotopic (exact) mass is 489 g/mol. The number of hydrogen-bond donors (Lipinski definition) is 1. The molecule has 11 heteroatoms. The fourth-order valence-corrected chi connectivity index (χ4v) is 3.48. The van der Waals surface area contributed by atoms with Crippen molar-refractivity contribution in [2.75, 3.05) is 23.9 Å². The Morgan fingerprint density at radius 3 is 2.53 bits per heavy atom. The zero-order valence-electron chi connectivity index (χ0n) is 20.0. The number of aryl methyl sites for hydroxylation is 1. The molecule has 0 aliphatic heterocycles. The summed E-state index contributed by atoms with van der Waals surface area (Å²) < 4.78 is 13.5. The lowest BCUT2D eigenvalue weighted by Gasteiger charge is -2.25. The number of nitrogens with zero attached hydrogens (tertiary/aromatic N) is 4. The first-order valence-electron chi connectivity index (χ1n) is 10.8. The minimum Gasteiger partial charge on any atom is -0.462 e. The van der Waals surface area contributed by atoms with Gasteiger partial charge in [-0.25, -0.2) is 14.1 Å². The number of pyridine rings is 2. The van der Waals surface area contributed by atoms with E-state index in [2.05, 4.69) is 10.4 Å². The Balaban J connectivity index is 2.16. The van der Waals surface area contributed by atoms with E-state index >= 15 is 0 Å². The van der Waals surface area contributed by atoms with Gasteiger partial charge in [-0.05, 0) is 46.8 Å². The van der Waals surface area contributed by atoms with Crippen molar-refractivity contribution >= 4 is 46.4 Å². The summed E-state index contributed by atoms with van der Waals surface area (Å²) in [6.45, 7) is 9.45. The average Bonchev–Trinajstić information content (AvgIpc) is 3.18. The minimum atomic E-state index is -0.716. The number of ether oxygens (including phenoxy) is 2. The van der Waals surface area contributed by atoms with Crippen LogP contribution in [0.2, 0.25) is 5.02 Å². The zero-order valence-corrected chi connectivity index (χ0v) is 20.8. The van der Waals surface area contributed by atoms with Crippen LogP contribution in [-0.4, -0.2) is 45.5 Å². The molecule has 1 N–H and O–H groups in total. The quantitative estimate of drug-likeness (QED) is 0.509. The van der Waals surface area contributed by atoms with Gasteiger partial charge in [0.2, 0.25) is 0 Å². The molecule has 3 aromatic heterocycles. The number of aromatic nitrogens is 3. The first kappa shape index (κ1) is 25.1. The Kier molecular flexibility index (Phi) is 7.21. The molecule has 0 fully saturated rings. The van der Waals surface area contributed by atoms with Crippen LogP contribution in [0.25, 0.3) is 5.52 Å². The topological polar surface area (TPSA) is 107 Å². The van der Waals surface area contributed by atoms with Crippen LogP contribution < -0.4 is 15.8 Å². The molecule has 0 aliphatic rings. The molecule has 3 rings (SSSR count). The lowest BCUT2D eigenvalue weighted by Crippen LogP contribution is -2.35. The van der Waals surface area contributed by atoms with E-state index in [0.717, 1.165) is 0 Å². The Morgan fingerprint density at radius 1 is 1.21 bits per heavy atom. The van der Waals surface area contributed by atoms with E-state index in [1.807, 2.05) is 6.92 Å². The van der Waals surface area contributed by atoms with Gasteiger partial charge in [-0.1, -0.05) is 11.6 Å². The molecule has 0 aromatic carbocycles. The van der Waals surface area contributed by atoms with Crippen molar-refractivity contribution in [1.29, 1.82) is 0 Å². The maximum Gasteiger partial charge on any atom is 0.415 e. The highest BCUT2D eigenvalue weighted by atomic mass is 35.5. The third-order valence-corrected chi connectivity index (χ3v) is 4.99. The van der Waals surface area contributed by atoms with E-state index < -0.39 is 17.7 Å². The molecule has 0 atom stereocenters. The van der Waals surface area contributed by atoms with Gasteiger partial charge in [-0.15, -0.1) is 0 Å². The summed E-state index contributed by atoms with van der Waals surface area (Å²) in [6.07, 6.45) is 2.30. The van der Waals surface area contributed by atoms with Crippen LogP contribution in [0.4, 0.5) is 22.0 Å². The Morgan fingerprint density at radius 2 is 1.91 bits per heavy atom. The lowest BCUT2D eigenvalue weighted by molar-refractivity contribution is 0.0527. The van der Waals surface area contributed by atoms with Crippen molar-refractivity contribution in [3.8, 4) is 0 Å². The van der Waals surface area contributed by atoms with E-state index in [1.54, 1.807) is 46.0 Å². The number of nitrogens with one attached hydrogen (secondary N) is 1. The van der Waals surface area contributed by atoms with E-state index in [4.69, 9.17) is 21.1 Å². The number of fused-ring (bicyclic) bond motifs is 1. The summed E-state index contributed by atoms with van der Waals surface area (Å²) in [6, 6.07) is 4.78. The fourth-order valence-electron chi connectivity index (χ4n) is 3.25. The summed E-state index contributed by atoms with van der Waals surface area (Å²) >= 11 is 6.19. The number of carbonyl (C=O) groups excluding carboxylic acids is 2. The Bertz CT molecular complexity index is 1290. The molecule has 0 radical (unpaired) electrons. The van der Waals surface area contributed by atoms with Gasteiger partial charge in [0.15, 0.2) is 0 Å². The van der Waals surface area contributed by atoms with Gasteiger partial charge in [-0.3, -0.25) is 9.69 Å². The SMILES string of the molecule is CCOC(=O)c1cnn2c(N(C)C(=O)OC(C)(C)C)cc(Nc3cc(Cl)cn(CC)c3=O)cc12. The second-order valence-corrected chi connectivity index (χ2v) is 8.94. The van der Waals surface area contributed by atoms with Crippen LogP contribution in [0.15, 0.2) is 35.4 Å². The van der Waals surface area contributed by atoms with Gasteiger partial charge < -0.3 is 19.4 Å². The van der Waals surface area contributed by atoms with Crippen molar-refractivity contribution in [2.24, 2.45) is 0 Å². The molecule has 0 spiro atoms. The lowest BCUT2D eigenvalue weighted by atomic mass is 10.2. The van der Waals surface area contributed by atoms with E-state index in [0.29, 0.717) is 28.6 Å². The van der Waals surface area contributed by atoms with E-state index in [-0.39, 0.29) is 23.4 Å². The number of esters is 1. The number of anilines is 3. The largest absolute Gasteiger partial charge is 0.462 e. The molecule has 0 saturated heterocycles. The summed E-state index contributed by atoms with van der Waals surface area (Å²) in [7, 11) is 1.53. The highest BCUT2D eigenvalue weighted by Crippen LogP contribution is 2.28. The second-order valence-electron chi connectivity index (χ2n) is 8.51. The third-order valence-electron chi connectivity index (χ3n) is 4.78. The summed E-state index contributed by atoms with van der Waals surface area (Å²) in [5.74, 6) is -0.251. The van der Waals surface area contributed by atoms with Crippen LogP contribution in [0, 0.1) is 0 Å². The smallest absolute Gasteiger partial charge is 0.415 e. The predicted molar refractivity (Wildman–Crippen MR) is 130 cm³/mol. The van der Waals surface area contributed by atoms with Crippen LogP contribution >= 0.6 is 11.6 Å². The maximum absolute atomic E-state index is 12.8. The van der Waals surface area contributed by atoms with Crippen LogP contribution in [-0.2, 0) is 16.0 Å². The summed E-state index contributed by atoms with van der Waals surface area (Å²) in [5, 5.41) is 7.72. The first-order valence-corrected chi connectivity index (χ1v) is 11.2. The second kappa shape index (κ2) is 9.76. The summed E-state index contributed by atoms with van der Waals surface area (Å²) in [5.41, 5.74) is 0.279. The fraction of sp³-hybridized carbons (Fsp3) is 0.391. The molecule has 0 aliphatic carbocycles.